The van der Waals surface area contributed by atoms with E-state index >= 15 is 0 Å². The van der Waals surface area contributed by atoms with Crippen molar-refractivity contribution in [1.29, 1.82) is 0 Å². The second kappa shape index (κ2) is 8.15. The van der Waals surface area contributed by atoms with E-state index in [1.807, 2.05) is 6.92 Å². The van der Waals surface area contributed by atoms with Crippen molar-refractivity contribution in [3.63, 3.8) is 0 Å². The van der Waals surface area contributed by atoms with E-state index in [9.17, 15) is 9.59 Å². The quantitative estimate of drug-likeness (QED) is 0.596. The summed E-state index contributed by atoms with van der Waals surface area (Å²) < 4.78 is 0. The van der Waals surface area contributed by atoms with Crippen molar-refractivity contribution < 1.29 is 14.7 Å². The smallest absolute Gasteiger partial charge is 0.303 e. The van der Waals surface area contributed by atoms with Gasteiger partial charge in [0.2, 0.25) is 5.91 Å². The Balaban J connectivity index is 4.13. The summed E-state index contributed by atoms with van der Waals surface area (Å²) in [6, 6.07) is 0. The molecule has 0 aromatic heterocycles. The number of carboxylic acids is 1. The molecule has 0 aromatic rings. The molecule has 0 radical (unpaired) electrons. The summed E-state index contributed by atoms with van der Waals surface area (Å²) in [5, 5.41) is 11.5. The van der Waals surface area contributed by atoms with Crippen molar-refractivity contribution in [2.75, 3.05) is 6.54 Å². The number of carbonyl (C=O) groups is 2. The topological polar surface area (TPSA) is 92.4 Å². The zero-order chi connectivity index (χ0) is 15.1. The Hall–Kier alpha value is -1.10. The molecule has 0 saturated heterocycles. The summed E-state index contributed by atoms with van der Waals surface area (Å²) in [7, 11) is 0. The normalized spacial score (nSPS) is 15.9. The van der Waals surface area contributed by atoms with E-state index in [1.54, 1.807) is 6.92 Å². The molecule has 0 aliphatic rings. The Morgan fingerprint density at radius 3 is 2.32 bits per heavy atom. The number of carboxylic acid groups (broad SMARTS) is 1. The summed E-state index contributed by atoms with van der Waals surface area (Å²) >= 11 is 0. The average Bonchev–Trinajstić information content (AvgIpc) is 2.32. The third kappa shape index (κ3) is 7.15. The zero-order valence-corrected chi connectivity index (χ0v) is 12.5. The van der Waals surface area contributed by atoms with Crippen LogP contribution in [0.2, 0.25) is 0 Å². The van der Waals surface area contributed by atoms with Crippen LogP contribution < -0.4 is 11.1 Å². The summed E-state index contributed by atoms with van der Waals surface area (Å²) in [5.41, 5.74) is 5.02. The van der Waals surface area contributed by atoms with Crippen molar-refractivity contribution in [1.82, 2.24) is 5.32 Å². The highest BCUT2D eigenvalue weighted by Crippen LogP contribution is 2.20. The van der Waals surface area contributed by atoms with Crippen LogP contribution in [0.15, 0.2) is 0 Å². The lowest BCUT2D eigenvalue weighted by Crippen LogP contribution is -2.51. The molecule has 0 bridgehead atoms. The number of carbonyl (C=O) groups excluding carboxylic acids is 1. The molecule has 2 atom stereocenters. The Morgan fingerprint density at radius 1 is 1.32 bits per heavy atom. The molecule has 1 amide bonds. The van der Waals surface area contributed by atoms with Crippen LogP contribution in [0.3, 0.4) is 0 Å². The van der Waals surface area contributed by atoms with Gasteiger partial charge < -0.3 is 16.2 Å². The van der Waals surface area contributed by atoms with Crippen LogP contribution in [-0.4, -0.2) is 29.1 Å². The molecule has 2 unspecified atom stereocenters. The maximum absolute atomic E-state index is 11.8. The number of nitrogens with one attached hydrogen (secondary N) is 1. The van der Waals surface area contributed by atoms with Gasteiger partial charge in [0.05, 0.1) is 5.54 Å². The number of amides is 1. The predicted octanol–water partition coefficient (Wildman–Crippen LogP) is 1.76. The Morgan fingerprint density at radius 2 is 1.89 bits per heavy atom. The first-order valence-electron chi connectivity index (χ1n) is 6.99. The van der Waals surface area contributed by atoms with E-state index in [-0.39, 0.29) is 12.3 Å². The van der Waals surface area contributed by atoms with Crippen molar-refractivity contribution in [2.24, 2.45) is 17.6 Å². The van der Waals surface area contributed by atoms with E-state index in [4.69, 9.17) is 10.8 Å². The molecule has 0 rings (SSSR count). The van der Waals surface area contributed by atoms with Gasteiger partial charge in [0.1, 0.15) is 0 Å². The third-order valence-electron chi connectivity index (χ3n) is 3.73. The fourth-order valence-corrected chi connectivity index (χ4v) is 1.85. The van der Waals surface area contributed by atoms with E-state index in [0.29, 0.717) is 31.2 Å². The maximum atomic E-state index is 11.8. The molecule has 0 aliphatic heterocycles. The fourth-order valence-electron chi connectivity index (χ4n) is 1.85. The van der Waals surface area contributed by atoms with Gasteiger partial charge in [-0.3, -0.25) is 9.59 Å². The van der Waals surface area contributed by atoms with Gasteiger partial charge in [-0.05, 0) is 38.0 Å². The molecule has 0 aromatic carbocycles. The minimum Gasteiger partial charge on any atom is -0.481 e. The van der Waals surface area contributed by atoms with Crippen LogP contribution in [-0.2, 0) is 9.59 Å². The van der Waals surface area contributed by atoms with Gasteiger partial charge in [-0.25, -0.2) is 0 Å². The van der Waals surface area contributed by atoms with Crippen LogP contribution in [0.25, 0.3) is 0 Å². The second-order valence-corrected chi connectivity index (χ2v) is 5.75. The lowest BCUT2D eigenvalue weighted by molar-refractivity contribution is -0.137. The van der Waals surface area contributed by atoms with Crippen molar-refractivity contribution in [3.05, 3.63) is 0 Å². The molecular weight excluding hydrogens is 244 g/mol. The van der Waals surface area contributed by atoms with Gasteiger partial charge in [0.15, 0.2) is 0 Å². The van der Waals surface area contributed by atoms with Crippen molar-refractivity contribution in [2.45, 2.75) is 58.9 Å². The van der Waals surface area contributed by atoms with Crippen LogP contribution in [0.4, 0.5) is 0 Å². The molecule has 4 N–H and O–H groups in total. The molecule has 0 saturated carbocycles. The molecule has 112 valence electrons. The molecule has 19 heavy (non-hydrogen) atoms. The molecule has 5 heteroatoms. The molecular formula is C14H28N2O3. The van der Waals surface area contributed by atoms with Gasteiger partial charge in [0.25, 0.3) is 0 Å². The lowest BCUT2D eigenvalue weighted by atomic mass is 9.88. The number of rotatable bonds is 9. The highest BCUT2D eigenvalue weighted by Gasteiger charge is 2.25. The van der Waals surface area contributed by atoms with E-state index in [1.165, 1.54) is 0 Å². The summed E-state index contributed by atoms with van der Waals surface area (Å²) in [6.07, 6.45) is 2.21. The zero-order valence-electron chi connectivity index (χ0n) is 12.5. The standard InChI is InChI=1S/C14H28N2O3/c1-5-14(4,15)13(19)16-9-8-11(10(2)3)6-7-12(17)18/h10-11H,5-9,15H2,1-4H3,(H,16,19)(H,17,18). The highest BCUT2D eigenvalue weighted by molar-refractivity contribution is 5.85. The highest BCUT2D eigenvalue weighted by atomic mass is 16.4. The van der Waals surface area contributed by atoms with Crippen LogP contribution in [0.1, 0.15) is 53.4 Å². The first-order valence-corrected chi connectivity index (χ1v) is 6.99. The SMILES string of the molecule is CCC(C)(N)C(=O)NCCC(CCC(=O)O)C(C)C. The van der Waals surface area contributed by atoms with Gasteiger partial charge >= 0.3 is 5.97 Å². The summed E-state index contributed by atoms with van der Waals surface area (Å²) in [4.78, 5) is 22.4. The van der Waals surface area contributed by atoms with Gasteiger partial charge in [0, 0.05) is 13.0 Å². The monoisotopic (exact) mass is 272 g/mol. The van der Waals surface area contributed by atoms with E-state index in [2.05, 4.69) is 19.2 Å². The summed E-state index contributed by atoms with van der Waals surface area (Å²) in [5.74, 6) is -0.195. The predicted molar refractivity (Wildman–Crippen MR) is 75.7 cm³/mol. The van der Waals surface area contributed by atoms with Gasteiger partial charge in [-0.15, -0.1) is 0 Å². The Labute approximate surface area is 115 Å². The minimum atomic E-state index is -0.825. The van der Waals surface area contributed by atoms with Crippen molar-refractivity contribution in [3.8, 4) is 0 Å². The van der Waals surface area contributed by atoms with Crippen LogP contribution in [0, 0.1) is 11.8 Å². The lowest BCUT2D eigenvalue weighted by Gasteiger charge is -2.24. The Bertz CT molecular complexity index is 301. The van der Waals surface area contributed by atoms with Crippen LogP contribution in [0.5, 0.6) is 0 Å². The fraction of sp³-hybridized carbons (Fsp3) is 0.857. The van der Waals surface area contributed by atoms with E-state index < -0.39 is 11.5 Å². The maximum Gasteiger partial charge on any atom is 0.303 e. The molecule has 0 fully saturated rings. The van der Waals surface area contributed by atoms with E-state index in [0.717, 1.165) is 6.42 Å². The van der Waals surface area contributed by atoms with Gasteiger partial charge in [-0.2, -0.15) is 0 Å². The third-order valence-corrected chi connectivity index (χ3v) is 3.73. The van der Waals surface area contributed by atoms with Gasteiger partial charge in [-0.1, -0.05) is 20.8 Å². The first-order chi connectivity index (χ1) is 8.70. The first kappa shape index (κ1) is 17.9. The van der Waals surface area contributed by atoms with Crippen LogP contribution >= 0.6 is 0 Å². The molecule has 0 aliphatic carbocycles. The average molecular weight is 272 g/mol. The number of aliphatic carboxylic acids is 1. The number of hydrogen-bond acceptors (Lipinski definition) is 3. The number of nitrogens with two attached hydrogens (primary N) is 1. The second-order valence-electron chi connectivity index (χ2n) is 5.75. The molecule has 0 spiro atoms. The molecule has 0 heterocycles. The molecule has 5 nitrogen and oxygen atoms in total. The number of hydrogen-bond donors (Lipinski definition) is 3. The largest absolute Gasteiger partial charge is 0.481 e. The summed E-state index contributed by atoms with van der Waals surface area (Å²) in [6.45, 7) is 8.30. The minimum absolute atomic E-state index is 0.143. The Kier molecular flexibility index (Phi) is 7.68. The van der Waals surface area contributed by atoms with Crippen molar-refractivity contribution >= 4 is 11.9 Å².